The molecule has 1 saturated carbocycles. The van der Waals surface area contributed by atoms with Crippen LogP contribution >= 0.6 is 11.8 Å². The highest BCUT2D eigenvalue weighted by Crippen LogP contribution is 2.44. The first-order valence-electron chi connectivity index (χ1n) is 4.63. The van der Waals surface area contributed by atoms with Gasteiger partial charge in [0.1, 0.15) is 0 Å². The Balaban J connectivity index is 2.35. The molecule has 0 amide bonds. The lowest BCUT2D eigenvalue weighted by molar-refractivity contribution is 0.281. The molecule has 0 radical (unpaired) electrons. The zero-order valence-corrected chi connectivity index (χ0v) is 8.60. The van der Waals surface area contributed by atoms with E-state index in [2.05, 4.69) is 18.4 Å². The van der Waals surface area contributed by atoms with Crippen molar-refractivity contribution >= 4 is 11.8 Å². The predicted octanol–water partition coefficient (Wildman–Crippen LogP) is 2.78. The van der Waals surface area contributed by atoms with Crippen molar-refractivity contribution in [2.45, 2.75) is 30.3 Å². The Hall–Kier alpha value is -0.470. The summed E-state index contributed by atoms with van der Waals surface area (Å²) in [6.07, 6.45) is 4.75. The van der Waals surface area contributed by atoms with E-state index < -0.39 is 0 Å². The van der Waals surface area contributed by atoms with Crippen molar-refractivity contribution in [2.75, 3.05) is 6.26 Å². The summed E-state index contributed by atoms with van der Waals surface area (Å²) in [5.41, 5.74) is 2.48. The van der Waals surface area contributed by atoms with Gasteiger partial charge in [0.25, 0.3) is 0 Å². The first kappa shape index (κ1) is 9.10. The number of aliphatic hydroxyl groups excluding tert-OH is 1. The summed E-state index contributed by atoms with van der Waals surface area (Å²) in [5, 5.41) is 9.02. The van der Waals surface area contributed by atoms with Crippen molar-refractivity contribution in [3.63, 3.8) is 0 Å². The third-order valence-corrected chi connectivity index (χ3v) is 3.31. The summed E-state index contributed by atoms with van der Waals surface area (Å²) in [4.78, 5) is 1.37. The summed E-state index contributed by atoms with van der Waals surface area (Å²) in [6.45, 7) is 0.161. The molecule has 0 saturated heterocycles. The van der Waals surface area contributed by atoms with E-state index in [1.807, 2.05) is 6.07 Å². The fourth-order valence-corrected chi connectivity index (χ4v) is 2.26. The van der Waals surface area contributed by atoms with Crippen molar-refractivity contribution < 1.29 is 5.11 Å². The Bertz CT molecular complexity index is 305. The molecule has 1 aliphatic rings. The van der Waals surface area contributed by atoms with Crippen LogP contribution in [0, 0.1) is 0 Å². The van der Waals surface area contributed by atoms with Crippen LogP contribution in [0.5, 0.6) is 0 Å². The molecule has 1 nitrogen and oxygen atoms in total. The summed E-state index contributed by atoms with van der Waals surface area (Å²) in [5.74, 6) is 0.772. The van der Waals surface area contributed by atoms with Gasteiger partial charge in [0.2, 0.25) is 0 Å². The van der Waals surface area contributed by atoms with Crippen LogP contribution in [0.1, 0.15) is 29.9 Å². The maximum absolute atomic E-state index is 9.02. The summed E-state index contributed by atoms with van der Waals surface area (Å²) in [6, 6.07) is 6.30. The van der Waals surface area contributed by atoms with E-state index in [9.17, 15) is 0 Å². The van der Waals surface area contributed by atoms with Gasteiger partial charge in [0.05, 0.1) is 6.61 Å². The molecule has 13 heavy (non-hydrogen) atoms. The first-order valence-corrected chi connectivity index (χ1v) is 5.85. The van der Waals surface area contributed by atoms with Crippen LogP contribution in [-0.2, 0) is 6.61 Å². The highest BCUT2D eigenvalue weighted by molar-refractivity contribution is 7.98. The molecular weight excluding hydrogens is 180 g/mol. The van der Waals surface area contributed by atoms with Gasteiger partial charge in [-0.2, -0.15) is 0 Å². The fraction of sp³-hybridized carbons (Fsp3) is 0.455. The summed E-state index contributed by atoms with van der Waals surface area (Å²) >= 11 is 1.80. The largest absolute Gasteiger partial charge is 0.392 e. The minimum atomic E-state index is 0.161. The molecule has 1 aliphatic carbocycles. The van der Waals surface area contributed by atoms with Crippen molar-refractivity contribution in [1.29, 1.82) is 0 Å². The average molecular weight is 194 g/mol. The third kappa shape index (κ3) is 1.89. The zero-order chi connectivity index (χ0) is 9.26. The number of hydrogen-bond donors (Lipinski definition) is 1. The molecule has 2 rings (SSSR count). The molecule has 0 unspecified atom stereocenters. The molecule has 0 spiro atoms. The molecule has 0 aliphatic heterocycles. The minimum Gasteiger partial charge on any atom is -0.392 e. The Morgan fingerprint density at radius 1 is 1.46 bits per heavy atom. The second-order valence-corrected chi connectivity index (χ2v) is 4.36. The highest BCUT2D eigenvalue weighted by atomic mass is 32.2. The van der Waals surface area contributed by atoms with Crippen LogP contribution in [0.3, 0.4) is 0 Å². The van der Waals surface area contributed by atoms with E-state index in [-0.39, 0.29) is 6.61 Å². The predicted molar refractivity (Wildman–Crippen MR) is 56.1 cm³/mol. The molecule has 0 heterocycles. The highest BCUT2D eigenvalue weighted by Gasteiger charge is 2.25. The van der Waals surface area contributed by atoms with E-state index in [0.29, 0.717) is 0 Å². The van der Waals surface area contributed by atoms with Crippen LogP contribution in [-0.4, -0.2) is 11.4 Å². The molecule has 0 atom stereocenters. The first-order chi connectivity index (χ1) is 6.35. The van der Waals surface area contributed by atoms with E-state index in [1.165, 1.54) is 23.3 Å². The Morgan fingerprint density at radius 2 is 2.23 bits per heavy atom. The molecule has 1 N–H and O–H groups in total. The normalized spacial score (nSPS) is 16.2. The molecule has 2 heteroatoms. The Labute approximate surface area is 83.2 Å². The zero-order valence-electron chi connectivity index (χ0n) is 7.79. The topological polar surface area (TPSA) is 20.2 Å². The van der Waals surface area contributed by atoms with Gasteiger partial charge in [-0.3, -0.25) is 0 Å². The number of benzene rings is 1. The molecule has 1 fully saturated rings. The van der Waals surface area contributed by atoms with Gasteiger partial charge in [0, 0.05) is 4.90 Å². The van der Waals surface area contributed by atoms with Crippen LogP contribution < -0.4 is 0 Å². The van der Waals surface area contributed by atoms with Crippen LogP contribution in [0.4, 0.5) is 0 Å². The van der Waals surface area contributed by atoms with Gasteiger partial charge in [-0.25, -0.2) is 0 Å². The van der Waals surface area contributed by atoms with E-state index in [4.69, 9.17) is 5.11 Å². The smallest absolute Gasteiger partial charge is 0.0681 e. The lowest BCUT2D eigenvalue weighted by atomic mass is 10.1. The monoisotopic (exact) mass is 194 g/mol. The van der Waals surface area contributed by atoms with E-state index in [1.54, 1.807) is 11.8 Å². The van der Waals surface area contributed by atoms with Crippen molar-refractivity contribution in [2.24, 2.45) is 0 Å². The standard InChI is InChI=1S/C11H14OS/c1-13-11-5-2-8(7-12)6-10(11)9-3-4-9/h2,5-6,9,12H,3-4,7H2,1H3. The molecule has 70 valence electrons. The SMILES string of the molecule is CSc1ccc(CO)cc1C1CC1. The average Bonchev–Trinajstić information content (AvgIpc) is 3.00. The second kappa shape index (κ2) is 3.72. The molecule has 1 aromatic rings. The molecule has 1 aromatic carbocycles. The van der Waals surface area contributed by atoms with Crippen LogP contribution in [0.25, 0.3) is 0 Å². The van der Waals surface area contributed by atoms with Crippen molar-refractivity contribution in [3.8, 4) is 0 Å². The van der Waals surface area contributed by atoms with E-state index in [0.717, 1.165) is 11.5 Å². The third-order valence-electron chi connectivity index (χ3n) is 2.49. The summed E-state index contributed by atoms with van der Waals surface area (Å²) < 4.78 is 0. The lowest BCUT2D eigenvalue weighted by Crippen LogP contribution is -1.89. The maximum atomic E-state index is 9.02. The van der Waals surface area contributed by atoms with Crippen molar-refractivity contribution in [1.82, 2.24) is 0 Å². The lowest BCUT2D eigenvalue weighted by Gasteiger charge is -2.07. The van der Waals surface area contributed by atoms with Gasteiger partial charge in [-0.1, -0.05) is 12.1 Å². The second-order valence-electron chi connectivity index (χ2n) is 3.51. The van der Waals surface area contributed by atoms with E-state index >= 15 is 0 Å². The fourth-order valence-electron chi connectivity index (χ4n) is 1.60. The number of rotatable bonds is 3. The molecule has 0 aromatic heterocycles. The van der Waals surface area contributed by atoms with Gasteiger partial charge < -0.3 is 5.11 Å². The number of aliphatic hydroxyl groups is 1. The number of hydrogen-bond acceptors (Lipinski definition) is 2. The molecule has 0 bridgehead atoms. The van der Waals surface area contributed by atoms with Crippen LogP contribution in [0.2, 0.25) is 0 Å². The van der Waals surface area contributed by atoms with Gasteiger partial charge in [-0.05, 0) is 42.2 Å². The van der Waals surface area contributed by atoms with Crippen LogP contribution in [0.15, 0.2) is 23.1 Å². The Kier molecular flexibility index (Phi) is 2.61. The van der Waals surface area contributed by atoms with Crippen molar-refractivity contribution in [3.05, 3.63) is 29.3 Å². The summed E-state index contributed by atoms with van der Waals surface area (Å²) in [7, 11) is 0. The maximum Gasteiger partial charge on any atom is 0.0681 e. The van der Waals surface area contributed by atoms with Gasteiger partial charge in [-0.15, -0.1) is 11.8 Å². The number of thioether (sulfide) groups is 1. The Morgan fingerprint density at radius 3 is 2.77 bits per heavy atom. The van der Waals surface area contributed by atoms with Gasteiger partial charge in [0.15, 0.2) is 0 Å². The minimum absolute atomic E-state index is 0.161. The quantitative estimate of drug-likeness (QED) is 0.747. The molecular formula is C11H14OS. The van der Waals surface area contributed by atoms with Gasteiger partial charge >= 0.3 is 0 Å².